The van der Waals surface area contributed by atoms with Crippen LogP contribution in [0.2, 0.25) is 0 Å². The van der Waals surface area contributed by atoms with Gasteiger partial charge in [-0.1, -0.05) is 30.3 Å². The third kappa shape index (κ3) is 3.95. The number of fused-ring (bicyclic) bond motifs is 1. The third-order valence-electron chi connectivity index (χ3n) is 4.11. The first-order valence-electron chi connectivity index (χ1n) is 8.61. The number of nitrogens with one attached hydrogen (secondary N) is 1. The average molecular weight is 358 g/mol. The lowest BCUT2D eigenvalue weighted by atomic mass is 10.3. The van der Waals surface area contributed by atoms with Crippen LogP contribution in [-0.4, -0.2) is 20.4 Å². The summed E-state index contributed by atoms with van der Waals surface area (Å²) in [5.74, 6) is 1.33. The van der Waals surface area contributed by atoms with Crippen LogP contribution < -0.4 is 10.1 Å². The SMILES string of the molecule is O=C(Cn1c(COc2ccccc2)nc2ccccc21)Nc1ccncc1. The molecule has 2 aromatic heterocycles. The van der Waals surface area contributed by atoms with Gasteiger partial charge in [0.1, 0.15) is 24.7 Å². The number of hydrogen-bond acceptors (Lipinski definition) is 4. The van der Waals surface area contributed by atoms with Crippen molar-refractivity contribution in [3.63, 3.8) is 0 Å². The van der Waals surface area contributed by atoms with Crippen molar-refractivity contribution >= 4 is 22.6 Å². The molecule has 0 aliphatic carbocycles. The normalized spacial score (nSPS) is 10.7. The van der Waals surface area contributed by atoms with Gasteiger partial charge in [0.2, 0.25) is 5.91 Å². The minimum absolute atomic E-state index is 0.134. The third-order valence-corrected chi connectivity index (χ3v) is 4.11. The van der Waals surface area contributed by atoms with Crippen LogP contribution in [0.4, 0.5) is 5.69 Å². The van der Waals surface area contributed by atoms with Crippen LogP contribution in [0, 0.1) is 0 Å². The van der Waals surface area contributed by atoms with Gasteiger partial charge in [0.15, 0.2) is 0 Å². The smallest absolute Gasteiger partial charge is 0.244 e. The summed E-state index contributed by atoms with van der Waals surface area (Å²) in [7, 11) is 0. The Bertz CT molecular complexity index is 1050. The van der Waals surface area contributed by atoms with Gasteiger partial charge in [-0.05, 0) is 36.4 Å². The number of anilines is 1. The number of carbonyl (C=O) groups is 1. The molecule has 0 aliphatic rings. The molecule has 0 spiro atoms. The Labute approximate surface area is 156 Å². The van der Waals surface area contributed by atoms with Crippen molar-refractivity contribution in [1.29, 1.82) is 0 Å². The molecule has 2 heterocycles. The van der Waals surface area contributed by atoms with E-state index in [2.05, 4.69) is 15.3 Å². The van der Waals surface area contributed by atoms with Crippen molar-refractivity contribution in [3.8, 4) is 5.75 Å². The van der Waals surface area contributed by atoms with E-state index in [0.717, 1.165) is 16.8 Å². The fourth-order valence-electron chi connectivity index (χ4n) is 2.86. The van der Waals surface area contributed by atoms with Crippen LogP contribution >= 0.6 is 0 Å². The number of nitrogens with zero attached hydrogens (tertiary/aromatic N) is 3. The first-order chi connectivity index (χ1) is 13.3. The largest absolute Gasteiger partial charge is 0.486 e. The highest BCUT2D eigenvalue weighted by molar-refractivity contribution is 5.91. The van der Waals surface area contributed by atoms with Gasteiger partial charge in [0.05, 0.1) is 11.0 Å². The topological polar surface area (TPSA) is 69.0 Å². The highest BCUT2D eigenvalue weighted by Crippen LogP contribution is 2.18. The quantitative estimate of drug-likeness (QED) is 0.571. The maximum absolute atomic E-state index is 12.5. The van der Waals surface area contributed by atoms with Crippen molar-refractivity contribution in [2.45, 2.75) is 13.2 Å². The number of ether oxygens (including phenoxy) is 1. The summed E-state index contributed by atoms with van der Waals surface area (Å²) in [6.07, 6.45) is 3.28. The highest BCUT2D eigenvalue weighted by atomic mass is 16.5. The fraction of sp³-hybridized carbons (Fsp3) is 0.0952. The number of benzene rings is 2. The maximum Gasteiger partial charge on any atom is 0.244 e. The van der Waals surface area contributed by atoms with Crippen LogP contribution in [0.3, 0.4) is 0 Å². The molecular formula is C21H18N4O2. The molecule has 4 rings (SSSR count). The van der Waals surface area contributed by atoms with Gasteiger partial charge in [-0.25, -0.2) is 4.98 Å². The highest BCUT2D eigenvalue weighted by Gasteiger charge is 2.14. The molecule has 0 aliphatic heterocycles. The van der Waals surface area contributed by atoms with E-state index >= 15 is 0 Å². The Morgan fingerprint density at radius 3 is 2.52 bits per heavy atom. The molecule has 2 aromatic carbocycles. The van der Waals surface area contributed by atoms with Crippen LogP contribution in [-0.2, 0) is 17.9 Å². The van der Waals surface area contributed by atoms with Crippen molar-refractivity contribution in [2.24, 2.45) is 0 Å². The first kappa shape index (κ1) is 16.8. The minimum atomic E-state index is -0.134. The maximum atomic E-state index is 12.5. The number of aromatic nitrogens is 3. The number of pyridine rings is 1. The van der Waals surface area contributed by atoms with E-state index in [1.807, 2.05) is 59.2 Å². The molecular weight excluding hydrogens is 340 g/mol. The van der Waals surface area contributed by atoms with Gasteiger partial charge in [0.25, 0.3) is 0 Å². The monoisotopic (exact) mass is 358 g/mol. The second kappa shape index (κ2) is 7.70. The average Bonchev–Trinajstić information content (AvgIpc) is 3.05. The van der Waals surface area contributed by atoms with Gasteiger partial charge in [-0.15, -0.1) is 0 Å². The molecule has 0 unspecified atom stereocenters. The fourth-order valence-corrected chi connectivity index (χ4v) is 2.86. The number of rotatable bonds is 6. The van der Waals surface area contributed by atoms with E-state index in [9.17, 15) is 4.79 Å². The summed E-state index contributed by atoms with van der Waals surface area (Å²) in [6, 6.07) is 20.8. The predicted molar refractivity (Wildman–Crippen MR) is 103 cm³/mol. The van der Waals surface area contributed by atoms with Gasteiger partial charge in [-0.3, -0.25) is 9.78 Å². The standard InChI is InChI=1S/C21H18N4O2/c26-21(23-16-10-12-22-13-11-16)14-25-19-9-5-4-8-18(19)24-20(25)15-27-17-6-2-1-3-7-17/h1-13H,14-15H2,(H,22,23,26). The number of para-hydroxylation sites is 3. The molecule has 6 nitrogen and oxygen atoms in total. The summed E-state index contributed by atoms with van der Waals surface area (Å²) in [4.78, 5) is 21.1. The van der Waals surface area contributed by atoms with E-state index in [4.69, 9.17) is 4.74 Å². The van der Waals surface area contributed by atoms with E-state index in [1.165, 1.54) is 0 Å². The Balaban J connectivity index is 1.57. The predicted octanol–water partition coefficient (Wildman–Crippen LogP) is 3.65. The Morgan fingerprint density at radius 1 is 0.963 bits per heavy atom. The lowest BCUT2D eigenvalue weighted by molar-refractivity contribution is -0.116. The second-order valence-electron chi connectivity index (χ2n) is 5.99. The first-order valence-corrected chi connectivity index (χ1v) is 8.61. The molecule has 0 atom stereocenters. The molecule has 0 bridgehead atoms. The van der Waals surface area contributed by atoms with E-state index in [1.54, 1.807) is 24.5 Å². The summed E-state index contributed by atoms with van der Waals surface area (Å²) in [6.45, 7) is 0.428. The molecule has 0 fully saturated rings. The summed E-state index contributed by atoms with van der Waals surface area (Å²) in [5.41, 5.74) is 2.44. The molecule has 27 heavy (non-hydrogen) atoms. The minimum Gasteiger partial charge on any atom is -0.486 e. The molecule has 0 radical (unpaired) electrons. The van der Waals surface area contributed by atoms with Crippen LogP contribution in [0.25, 0.3) is 11.0 Å². The van der Waals surface area contributed by atoms with E-state index < -0.39 is 0 Å². The summed E-state index contributed by atoms with van der Waals surface area (Å²) >= 11 is 0. The zero-order chi connectivity index (χ0) is 18.5. The molecule has 0 saturated heterocycles. The van der Waals surface area contributed by atoms with Crippen molar-refractivity contribution < 1.29 is 9.53 Å². The molecule has 6 heteroatoms. The van der Waals surface area contributed by atoms with Crippen LogP contribution in [0.15, 0.2) is 79.1 Å². The zero-order valence-corrected chi connectivity index (χ0v) is 14.6. The Morgan fingerprint density at radius 2 is 1.70 bits per heavy atom. The summed E-state index contributed by atoms with van der Waals surface area (Å²) in [5, 5.41) is 2.88. The van der Waals surface area contributed by atoms with Crippen molar-refractivity contribution in [1.82, 2.24) is 14.5 Å². The summed E-state index contributed by atoms with van der Waals surface area (Å²) < 4.78 is 7.72. The lowest BCUT2D eigenvalue weighted by Gasteiger charge is -2.11. The van der Waals surface area contributed by atoms with E-state index in [-0.39, 0.29) is 19.1 Å². The van der Waals surface area contributed by atoms with Crippen molar-refractivity contribution in [2.75, 3.05) is 5.32 Å². The molecule has 0 saturated carbocycles. The molecule has 134 valence electrons. The van der Waals surface area contributed by atoms with Gasteiger partial charge < -0.3 is 14.6 Å². The second-order valence-corrected chi connectivity index (χ2v) is 5.99. The number of hydrogen-bond donors (Lipinski definition) is 1. The number of amides is 1. The van der Waals surface area contributed by atoms with Crippen LogP contribution in [0.5, 0.6) is 5.75 Å². The zero-order valence-electron chi connectivity index (χ0n) is 14.6. The Kier molecular flexibility index (Phi) is 4.78. The number of imidazole rings is 1. The van der Waals surface area contributed by atoms with Crippen LogP contribution in [0.1, 0.15) is 5.82 Å². The molecule has 4 aromatic rings. The van der Waals surface area contributed by atoms with Gasteiger partial charge in [0, 0.05) is 18.1 Å². The van der Waals surface area contributed by atoms with E-state index in [0.29, 0.717) is 11.5 Å². The lowest BCUT2D eigenvalue weighted by Crippen LogP contribution is -2.20. The Hall–Kier alpha value is -3.67. The van der Waals surface area contributed by atoms with Gasteiger partial charge >= 0.3 is 0 Å². The van der Waals surface area contributed by atoms with Crippen molar-refractivity contribution in [3.05, 3.63) is 84.9 Å². The number of carbonyl (C=O) groups excluding carboxylic acids is 1. The molecule has 1 amide bonds. The van der Waals surface area contributed by atoms with Gasteiger partial charge in [-0.2, -0.15) is 0 Å². The molecule has 1 N–H and O–H groups in total.